The van der Waals surface area contributed by atoms with Gasteiger partial charge in [-0.05, 0) is 30.2 Å². The second-order valence-corrected chi connectivity index (χ2v) is 6.35. The topological polar surface area (TPSA) is 78.0 Å². The number of aromatic nitrogens is 2. The lowest BCUT2D eigenvalue weighted by Gasteiger charge is -2.06. The number of anilines is 1. The van der Waals surface area contributed by atoms with Crippen LogP contribution in [-0.2, 0) is 23.3 Å². The predicted octanol–water partition coefficient (Wildman–Crippen LogP) is 1.16. The van der Waals surface area contributed by atoms with E-state index < -0.39 is 15.7 Å². The van der Waals surface area contributed by atoms with Crippen molar-refractivity contribution < 1.29 is 12.8 Å². The van der Waals surface area contributed by atoms with Gasteiger partial charge in [-0.25, -0.2) is 12.8 Å². The van der Waals surface area contributed by atoms with Crippen LogP contribution in [0.1, 0.15) is 5.56 Å². The van der Waals surface area contributed by atoms with Crippen molar-refractivity contribution in [2.45, 2.75) is 11.3 Å². The molecule has 0 unspecified atom stereocenters. The fourth-order valence-corrected chi connectivity index (χ4v) is 3.18. The lowest BCUT2D eigenvalue weighted by Crippen LogP contribution is -2.11. The molecule has 0 spiro atoms. The summed E-state index contributed by atoms with van der Waals surface area (Å²) in [6.07, 6.45) is 3.71. The molecule has 0 fully saturated rings. The fraction of sp³-hybridized carbons (Fsp3) is 0.250. The number of hydrogen-bond acceptors (Lipinski definition) is 4. The summed E-state index contributed by atoms with van der Waals surface area (Å²) in [6.45, 7) is 0. The highest BCUT2D eigenvalue weighted by atomic mass is 32.2. The smallest absolute Gasteiger partial charge is 0.180 e. The zero-order chi connectivity index (χ0) is 14.0. The van der Waals surface area contributed by atoms with Crippen LogP contribution in [0.25, 0.3) is 0 Å². The van der Waals surface area contributed by atoms with Crippen LogP contribution >= 0.6 is 0 Å². The van der Waals surface area contributed by atoms with Crippen LogP contribution < -0.4 is 5.73 Å². The maximum atomic E-state index is 12.9. The van der Waals surface area contributed by atoms with Gasteiger partial charge < -0.3 is 5.73 Å². The summed E-state index contributed by atoms with van der Waals surface area (Å²) in [7, 11) is -1.77. The van der Waals surface area contributed by atoms with Gasteiger partial charge in [-0.15, -0.1) is 0 Å². The van der Waals surface area contributed by atoms with Gasteiger partial charge in [0.05, 0.1) is 22.5 Å². The average molecular weight is 283 g/mol. The van der Waals surface area contributed by atoms with Crippen LogP contribution in [0.2, 0.25) is 0 Å². The minimum absolute atomic E-state index is 0.0298. The molecule has 0 atom stereocenters. The standard InChI is InChI=1S/C12H14FN3O2S/c1-16-8-9(7-15-16)4-5-19(17,18)12-3-2-10(13)6-11(12)14/h2-3,6-8H,4-5,14H2,1H3. The first kappa shape index (κ1) is 13.5. The number of sulfone groups is 1. The molecule has 0 aliphatic carbocycles. The lowest BCUT2D eigenvalue weighted by molar-refractivity contribution is 0.594. The molecule has 102 valence electrons. The van der Waals surface area contributed by atoms with Crippen molar-refractivity contribution in [3.63, 3.8) is 0 Å². The highest BCUT2D eigenvalue weighted by molar-refractivity contribution is 7.91. The van der Waals surface area contributed by atoms with Crippen LogP contribution in [0.4, 0.5) is 10.1 Å². The van der Waals surface area contributed by atoms with Crippen LogP contribution in [0, 0.1) is 5.82 Å². The minimum atomic E-state index is -3.53. The number of nitrogens with zero attached hydrogens (tertiary/aromatic N) is 2. The molecule has 0 saturated carbocycles. The first-order chi connectivity index (χ1) is 8.88. The monoisotopic (exact) mass is 283 g/mol. The zero-order valence-corrected chi connectivity index (χ0v) is 11.2. The molecule has 0 amide bonds. The molecule has 19 heavy (non-hydrogen) atoms. The molecule has 2 N–H and O–H groups in total. The number of nitrogen functional groups attached to an aromatic ring is 1. The van der Waals surface area contributed by atoms with Crippen LogP contribution in [0.15, 0.2) is 35.5 Å². The average Bonchev–Trinajstić information content (AvgIpc) is 2.72. The van der Waals surface area contributed by atoms with E-state index in [0.29, 0.717) is 6.42 Å². The van der Waals surface area contributed by atoms with E-state index in [-0.39, 0.29) is 16.3 Å². The number of halogens is 1. The summed E-state index contributed by atoms with van der Waals surface area (Å²) in [5.74, 6) is -0.641. The first-order valence-corrected chi connectivity index (χ1v) is 7.29. The Labute approximate surface area is 110 Å². The Kier molecular flexibility index (Phi) is 3.57. The van der Waals surface area contributed by atoms with Gasteiger partial charge in [0.1, 0.15) is 5.82 Å². The Bertz CT molecular complexity index is 695. The van der Waals surface area contributed by atoms with E-state index in [0.717, 1.165) is 17.7 Å². The molecule has 1 aromatic heterocycles. The van der Waals surface area contributed by atoms with Crippen LogP contribution in [-0.4, -0.2) is 24.0 Å². The van der Waals surface area contributed by atoms with E-state index in [2.05, 4.69) is 5.10 Å². The third kappa shape index (κ3) is 3.11. The molecular weight excluding hydrogens is 269 g/mol. The number of aryl methyl sites for hydroxylation is 2. The van der Waals surface area contributed by atoms with Crippen molar-refractivity contribution in [2.75, 3.05) is 11.5 Å². The molecule has 2 aromatic rings. The number of benzene rings is 1. The van der Waals surface area contributed by atoms with E-state index in [9.17, 15) is 12.8 Å². The maximum Gasteiger partial charge on any atom is 0.180 e. The lowest BCUT2D eigenvalue weighted by atomic mass is 10.3. The van der Waals surface area contributed by atoms with E-state index in [4.69, 9.17) is 5.73 Å². The number of rotatable bonds is 4. The molecule has 5 nitrogen and oxygen atoms in total. The highest BCUT2D eigenvalue weighted by Gasteiger charge is 2.18. The summed E-state index contributed by atoms with van der Waals surface area (Å²) in [6, 6.07) is 3.30. The third-order valence-electron chi connectivity index (χ3n) is 2.72. The Hall–Kier alpha value is -1.89. The molecule has 1 heterocycles. The zero-order valence-electron chi connectivity index (χ0n) is 10.4. The molecule has 0 aliphatic heterocycles. The predicted molar refractivity (Wildman–Crippen MR) is 69.8 cm³/mol. The van der Waals surface area contributed by atoms with Gasteiger partial charge in [-0.3, -0.25) is 4.68 Å². The molecule has 2 rings (SSSR count). The van der Waals surface area contributed by atoms with Gasteiger partial charge in [0.2, 0.25) is 0 Å². The van der Waals surface area contributed by atoms with Crippen LogP contribution in [0.5, 0.6) is 0 Å². The highest BCUT2D eigenvalue weighted by Crippen LogP contribution is 2.21. The first-order valence-electron chi connectivity index (χ1n) is 5.64. The summed E-state index contributed by atoms with van der Waals surface area (Å²) in [4.78, 5) is -0.0298. The molecule has 0 radical (unpaired) electrons. The molecule has 0 bridgehead atoms. The Balaban J connectivity index is 2.18. The number of nitrogens with two attached hydrogens (primary N) is 1. The molecule has 0 saturated heterocycles. The molecule has 7 heteroatoms. The van der Waals surface area contributed by atoms with Gasteiger partial charge in [0.15, 0.2) is 9.84 Å². The number of hydrogen-bond donors (Lipinski definition) is 1. The Morgan fingerprint density at radius 1 is 1.42 bits per heavy atom. The SMILES string of the molecule is Cn1cc(CCS(=O)(=O)c2ccc(F)cc2N)cn1. The van der Waals surface area contributed by atoms with Crippen molar-refractivity contribution in [3.05, 3.63) is 42.0 Å². The summed E-state index contributed by atoms with van der Waals surface area (Å²) in [5, 5.41) is 3.97. The van der Waals surface area contributed by atoms with Crippen molar-refractivity contribution in [1.29, 1.82) is 0 Å². The van der Waals surface area contributed by atoms with Crippen LogP contribution in [0.3, 0.4) is 0 Å². The minimum Gasteiger partial charge on any atom is -0.398 e. The van der Waals surface area contributed by atoms with E-state index >= 15 is 0 Å². The van der Waals surface area contributed by atoms with E-state index in [1.54, 1.807) is 24.1 Å². The van der Waals surface area contributed by atoms with Gasteiger partial charge in [-0.1, -0.05) is 0 Å². The quantitative estimate of drug-likeness (QED) is 0.674. The Morgan fingerprint density at radius 3 is 2.74 bits per heavy atom. The van der Waals surface area contributed by atoms with Gasteiger partial charge in [-0.2, -0.15) is 5.10 Å². The van der Waals surface area contributed by atoms with Crippen molar-refractivity contribution in [2.24, 2.45) is 7.05 Å². The molecular formula is C12H14FN3O2S. The van der Waals surface area contributed by atoms with Gasteiger partial charge in [0.25, 0.3) is 0 Å². The maximum absolute atomic E-state index is 12.9. The molecule has 0 aliphatic rings. The normalized spacial score (nSPS) is 11.7. The largest absolute Gasteiger partial charge is 0.398 e. The summed E-state index contributed by atoms with van der Waals surface area (Å²) >= 11 is 0. The fourth-order valence-electron chi connectivity index (χ4n) is 1.77. The second-order valence-electron chi connectivity index (χ2n) is 4.27. The van der Waals surface area contributed by atoms with Crippen molar-refractivity contribution >= 4 is 15.5 Å². The van der Waals surface area contributed by atoms with Crippen molar-refractivity contribution in [1.82, 2.24) is 9.78 Å². The van der Waals surface area contributed by atoms with Gasteiger partial charge in [0, 0.05) is 13.2 Å². The third-order valence-corrected chi connectivity index (χ3v) is 4.51. The van der Waals surface area contributed by atoms with Gasteiger partial charge >= 0.3 is 0 Å². The Morgan fingerprint density at radius 2 is 2.16 bits per heavy atom. The van der Waals surface area contributed by atoms with Crippen molar-refractivity contribution in [3.8, 4) is 0 Å². The summed E-state index contributed by atoms with van der Waals surface area (Å²) in [5.41, 5.74) is 6.31. The van der Waals surface area contributed by atoms with E-state index in [1.165, 1.54) is 6.07 Å². The van der Waals surface area contributed by atoms with E-state index in [1.807, 2.05) is 0 Å². The second kappa shape index (κ2) is 5.00. The molecule has 1 aromatic carbocycles. The summed E-state index contributed by atoms with van der Waals surface area (Å²) < 4.78 is 38.7.